The number of hydrogen-bond donors (Lipinski definition) is 2. The van der Waals surface area contributed by atoms with Crippen LogP contribution in [-0.2, 0) is 35.8 Å². The molecule has 0 saturated heterocycles. The zero-order valence-corrected chi connectivity index (χ0v) is 25.7. The topological polar surface area (TPSA) is 88.0 Å². The first-order chi connectivity index (χ1) is 17.7. The van der Waals surface area contributed by atoms with Gasteiger partial charge in [0.2, 0.25) is 0 Å². The molecule has 0 N–H and O–H groups in total. The molecule has 0 aromatic carbocycles. The molecule has 2 rings (SSSR count). The Bertz CT molecular complexity index is 1120. The first kappa shape index (κ1) is 32.3. The average Bonchev–Trinajstić information content (AvgIpc) is 3.30. The van der Waals surface area contributed by atoms with Gasteiger partial charge in [0.05, 0.1) is 10.1 Å². The van der Waals surface area contributed by atoms with Gasteiger partial charge in [-0.3, -0.25) is 27.9 Å². The summed E-state index contributed by atoms with van der Waals surface area (Å²) in [5.74, 6) is 0.215. The summed E-state index contributed by atoms with van der Waals surface area (Å²) in [6.07, 6.45) is 7.88. The van der Waals surface area contributed by atoms with Crippen molar-refractivity contribution in [2.24, 2.45) is 10.8 Å². The number of carbonyl (C=O) groups is 2. The second-order valence-corrected chi connectivity index (χ2v) is 12.7. The Balaban J connectivity index is 1.72. The van der Waals surface area contributed by atoms with Crippen molar-refractivity contribution in [1.82, 2.24) is 18.3 Å². The van der Waals surface area contributed by atoms with E-state index in [0.29, 0.717) is 61.9 Å². The highest BCUT2D eigenvalue weighted by molar-refractivity contribution is 7.80. The molecule has 2 heterocycles. The van der Waals surface area contributed by atoms with E-state index in [2.05, 4.69) is 53.0 Å². The van der Waals surface area contributed by atoms with Crippen LogP contribution >= 0.6 is 25.3 Å². The van der Waals surface area contributed by atoms with Gasteiger partial charge in [-0.25, -0.2) is 9.59 Å². The number of imidazole rings is 2. The molecule has 0 aliphatic rings. The van der Waals surface area contributed by atoms with Crippen LogP contribution in [0.1, 0.15) is 92.9 Å². The molecule has 2 aromatic rings. The van der Waals surface area contributed by atoms with E-state index in [4.69, 9.17) is 0 Å². The molecular formula is C28H46N4O4S2. The number of ketones is 2. The molecule has 8 nitrogen and oxygen atoms in total. The van der Waals surface area contributed by atoms with Crippen molar-refractivity contribution in [1.29, 1.82) is 0 Å². The first-order valence-corrected chi connectivity index (χ1v) is 14.6. The molecule has 0 atom stereocenters. The minimum atomic E-state index is -0.107. The highest BCUT2D eigenvalue weighted by Crippen LogP contribution is 2.30. The van der Waals surface area contributed by atoms with Crippen molar-refractivity contribution in [3.8, 4) is 0 Å². The lowest BCUT2D eigenvalue weighted by Gasteiger charge is -2.25. The lowest BCUT2D eigenvalue weighted by Crippen LogP contribution is -2.26. The fourth-order valence-corrected chi connectivity index (χ4v) is 5.12. The van der Waals surface area contributed by atoms with Crippen molar-refractivity contribution in [2.75, 3.05) is 0 Å². The number of Topliss-reactive ketones (excluding diaryl/α,β-unsaturated/α-hetero) is 2. The van der Waals surface area contributed by atoms with Gasteiger partial charge >= 0.3 is 11.4 Å². The number of carbonyl (C=O) groups excluding carboxylic acids is 2. The minimum absolute atomic E-state index is 0.0537. The first-order valence-electron chi connectivity index (χ1n) is 13.7. The SMILES string of the molecule is CCn1cc(S)n(CCC(C)(C)CCC(=O)CCC(=O)CCC(C)(C)CCn2c(S)cn(CC)c2=O)c1=O. The van der Waals surface area contributed by atoms with Gasteiger partial charge in [0.15, 0.2) is 0 Å². The van der Waals surface area contributed by atoms with Gasteiger partial charge in [-0.05, 0) is 50.4 Å². The quantitative estimate of drug-likeness (QED) is 0.256. The maximum Gasteiger partial charge on any atom is 0.329 e. The van der Waals surface area contributed by atoms with Gasteiger partial charge in [0, 0.05) is 64.3 Å². The smallest absolute Gasteiger partial charge is 0.300 e. The standard InChI is InChI=1S/C28H46N4O4S2/c1-7-29-19-23(37)31(25(29)35)17-15-27(3,4)13-11-21(33)9-10-22(34)12-14-28(5,6)16-18-32-24(38)20-30(8-2)26(32)36/h19-20,37-38H,7-18H2,1-6H3. The minimum Gasteiger partial charge on any atom is -0.300 e. The molecule has 0 spiro atoms. The highest BCUT2D eigenvalue weighted by atomic mass is 32.1. The molecule has 2 aromatic heterocycles. The van der Waals surface area contributed by atoms with E-state index in [0.717, 1.165) is 12.8 Å². The molecule has 0 saturated carbocycles. The van der Waals surface area contributed by atoms with Gasteiger partial charge in [-0.1, -0.05) is 27.7 Å². The fraction of sp³-hybridized carbons (Fsp3) is 0.714. The number of aromatic nitrogens is 4. The Labute approximate surface area is 237 Å². The zero-order valence-electron chi connectivity index (χ0n) is 24.0. The summed E-state index contributed by atoms with van der Waals surface area (Å²) >= 11 is 8.84. The third-order valence-corrected chi connectivity index (χ3v) is 8.31. The summed E-state index contributed by atoms with van der Waals surface area (Å²) in [5, 5.41) is 1.31. The Morgan fingerprint density at radius 3 is 1.29 bits per heavy atom. The van der Waals surface area contributed by atoms with E-state index in [1.807, 2.05) is 13.8 Å². The molecule has 0 unspecified atom stereocenters. The van der Waals surface area contributed by atoms with Crippen LogP contribution in [0.15, 0.2) is 32.0 Å². The molecular weight excluding hydrogens is 520 g/mol. The predicted octanol–water partition coefficient (Wildman–Crippen LogP) is 5.24. The summed E-state index contributed by atoms with van der Waals surface area (Å²) in [7, 11) is 0. The van der Waals surface area contributed by atoms with E-state index >= 15 is 0 Å². The largest absolute Gasteiger partial charge is 0.329 e. The van der Waals surface area contributed by atoms with Crippen molar-refractivity contribution >= 4 is 36.8 Å². The monoisotopic (exact) mass is 566 g/mol. The Morgan fingerprint density at radius 1 is 0.658 bits per heavy atom. The van der Waals surface area contributed by atoms with Gasteiger partial charge in [-0.2, -0.15) is 0 Å². The van der Waals surface area contributed by atoms with Crippen molar-refractivity contribution in [3.05, 3.63) is 33.4 Å². The van der Waals surface area contributed by atoms with Crippen LogP contribution in [0.5, 0.6) is 0 Å². The van der Waals surface area contributed by atoms with Crippen LogP contribution in [0, 0.1) is 10.8 Å². The lowest BCUT2D eigenvalue weighted by atomic mass is 9.82. The van der Waals surface area contributed by atoms with Crippen LogP contribution in [0.4, 0.5) is 0 Å². The van der Waals surface area contributed by atoms with Crippen molar-refractivity contribution in [2.45, 2.75) is 129 Å². The molecule has 0 aliphatic carbocycles. The van der Waals surface area contributed by atoms with Crippen LogP contribution in [0.25, 0.3) is 0 Å². The Kier molecular flexibility index (Phi) is 11.8. The summed E-state index contributed by atoms with van der Waals surface area (Å²) in [6, 6.07) is 0. The normalized spacial score (nSPS) is 12.3. The second-order valence-electron chi connectivity index (χ2n) is 11.8. The third kappa shape index (κ3) is 9.36. The average molecular weight is 567 g/mol. The molecule has 0 fully saturated rings. The van der Waals surface area contributed by atoms with E-state index < -0.39 is 0 Å². The fourth-order valence-electron chi connectivity index (χ4n) is 4.47. The van der Waals surface area contributed by atoms with Crippen molar-refractivity contribution in [3.63, 3.8) is 0 Å². The molecule has 38 heavy (non-hydrogen) atoms. The van der Waals surface area contributed by atoms with Gasteiger partial charge < -0.3 is 0 Å². The predicted molar refractivity (Wildman–Crippen MR) is 158 cm³/mol. The summed E-state index contributed by atoms with van der Waals surface area (Å²) < 4.78 is 6.63. The summed E-state index contributed by atoms with van der Waals surface area (Å²) in [5.41, 5.74) is -0.320. The molecule has 214 valence electrons. The maximum absolute atomic E-state index is 12.5. The second kappa shape index (κ2) is 13.9. The number of aryl methyl sites for hydroxylation is 2. The third-order valence-electron chi connectivity index (χ3n) is 7.60. The van der Waals surface area contributed by atoms with Crippen LogP contribution < -0.4 is 11.4 Å². The maximum atomic E-state index is 12.5. The Hall–Kier alpha value is -1.94. The summed E-state index contributed by atoms with van der Waals surface area (Å²) in [4.78, 5) is 49.8. The molecule has 0 aliphatic heterocycles. The van der Waals surface area contributed by atoms with Crippen molar-refractivity contribution < 1.29 is 9.59 Å². The number of thiol groups is 2. The van der Waals surface area contributed by atoms with E-state index in [1.165, 1.54) is 0 Å². The number of rotatable bonds is 17. The number of nitrogens with zero attached hydrogens (tertiary/aromatic N) is 4. The van der Waals surface area contributed by atoms with Gasteiger partial charge in [-0.15, -0.1) is 25.3 Å². The zero-order chi connectivity index (χ0) is 28.7. The van der Waals surface area contributed by atoms with E-state index in [1.54, 1.807) is 30.7 Å². The summed E-state index contributed by atoms with van der Waals surface area (Å²) in [6.45, 7) is 14.6. The Morgan fingerprint density at radius 2 is 1.00 bits per heavy atom. The lowest BCUT2D eigenvalue weighted by molar-refractivity contribution is -0.124. The van der Waals surface area contributed by atoms with Crippen LogP contribution in [0.2, 0.25) is 0 Å². The molecule has 0 bridgehead atoms. The molecule has 0 radical (unpaired) electrons. The van der Waals surface area contributed by atoms with Crippen LogP contribution in [0.3, 0.4) is 0 Å². The van der Waals surface area contributed by atoms with Crippen LogP contribution in [-0.4, -0.2) is 29.8 Å². The molecule has 10 heteroatoms. The van der Waals surface area contributed by atoms with E-state index in [9.17, 15) is 19.2 Å². The number of hydrogen-bond acceptors (Lipinski definition) is 6. The van der Waals surface area contributed by atoms with Gasteiger partial charge in [0.1, 0.15) is 11.6 Å². The molecule has 0 amide bonds. The van der Waals surface area contributed by atoms with Gasteiger partial charge in [0.25, 0.3) is 0 Å². The highest BCUT2D eigenvalue weighted by Gasteiger charge is 2.23. The van der Waals surface area contributed by atoms with E-state index in [-0.39, 0.29) is 46.6 Å².